The van der Waals surface area contributed by atoms with Crippen LogP contribution >= 0.6 is 12.4 Å². The summed E-state index contributed by atoms with van der Waals surface area (Å²) in [6, 6.07) is 9.66. The molecule has 1 rings (SSSR count). The summed E-state index contributed by atoms with van der Waals surface area (Å²) in [4.78, 5) is 24.8. The number of carbonyl (C=O) groups is 2. The van der Waals surface area contributed by atoms with Gasteiger partial charge in [0.1, 0.15) is 0 Å². The Kier molecular flexibility index (Phi) is 11.1. The van der Waals surface area contributed by atoms with Crippen LogP contribution in [0.2, 0.25) is 0 Å². The molecule has 0 aliphatic carbocycles. The quantitative estimate of drug-likeness (QED) is 0.614. The number of rotatable bonds is 10. The van der Waals surface area contributed by atoms with Gasteiger partial charge in [-0.05, 0) is 5.56 Å². The third-order valence-corrected chi connectivity index (χ3v) is 2.96. The van der Waals surface area contributed by atoms with Crippen LogP contribution in [0.5, 0.6) is 0 Å². The van der Waals surface area contributed by atoms with Crippen molar-refractivity contribution in [2.75, 3.05) is 33.4 Å². The Morgan fingerprint density at radius 1 is 1.27 bits per heavy atom. The average molecular weight is 330 g/mol. The van der Waals surface area contributed by atoms with Crippen molar-refractivity contribution in [1.29, 1.82) is 0 Å². The first-order valence-electron chi connectivity index (χ1n) is 6.93. The molecular formula is C15H24ClN3O3. The summed E-state index contributed by atoms with van der Waals surface area (Å²) >= 11 is 0. The molecule has 6 nitrogen and oxygen atoms in total. The van der Waals surface area contributed by atoms with Crippen LogP contribution in [0.15, 0.2) is 30.3 Å². The van der Waals surface area contributed by atoms with Crippen LogP contribution in [-0.2, 0) is 20.9 Å². The molecule has 0 aliphatic rings. The molecule has 0 radical (unpaired) electrons. The molecule has 0 saturated carbocycles. The minimum Gasteiger partial charge on any atom is -0.383 e. The second-order valence-corrected chi connectivity index (χ2v) is 4.69. The number of nitrogens with two attached hydrogens (primary N) is 1. The molecule has 0 spiro atoms. The van der Waals surface area contributed by atoms with Gasteiger partial charge in [0.05, 0.1) is 13.2 Å². The maximum Gasteiger partial charge on any atom is 0.236 e. The maximum atomic E-state index is 12.2. The third kappa shape index (κ3) is 8.61. The van der Waals surface area contributed by atoms with Gasteiger partial charge in [-0.25, -0.2) is 0 Å². The van der Waals surface area contributed by atoms with Crippen LogP contribution < -0.4 is 11.1 Å². The number of ether oxygens (including phenoxy) is 1. The van der Waals surface area contributed by atoms with Gasteiger partial charge in [-0.15, -0.1) is 12.4 Å². The lowest BCUT2D eigenvalue weighted by atomic mass is 10.2. The minimum absolute atomic E-state index is 0. The van der Waals surface area contributed by atoms with Gasteiger partial charge in [-0.2, -0.15) is 0 Å². The molecule has 7 heteroatoms. The van der Waals surface area contributed by atoms with Crippen LogP contribution in [0.25, 0.3) is 0 Å². The van der Waals surface area contributed by atoms with Gasteiger partial charge in [0, 0.05) is 33.2 Å². The molecule has 2 amide bonds. The van der Waals surface area contributed by atoms with Crippen molar-refractivity contribution in [3.8, 4) is 0 Å². The summed E-state index contributed by atoms with van der Waals surface area (Å²) in [5, 5.41) is 3.01. The van der Waals surface area contributed by atoms with E-state index >= 15 is 0 Å². The van der Waals surface area contributed by atoms with Gasteiger partial charge in [0.25, 0.3) is 0 Å². The molecule has 0 saturated heterocycles. The summed E-state index contributed by atoms with van der Waals surface area (Å²) < 4.78 is 4.91. The molecule has 1 aromatic rings. The first kappa shape index (κ1) is 20.4. The van der Waals surface area contributed by atoms with Crippen molar-refractivity contribution >= 4 is 24.2 Å². The summed E-state index contributed by atoms with van der Waals surface area (Å²) in [6.07, 6.45) is 0.163. The fourth-order valence-electron chi connectivity index (χ4n) is 1.82. The number of nitrogens with one attached hydrogen (secondary N) is 1. The van der Waals surface area contributed by atoms with Crippen molar-refractivity contribution in [2.24, 2.45) is 5.73 Å². The number of benzene rings is 1. The monoisotopic (exact) mass is 329 g/mol. The van der Waals surface area contributed by atoms with E-state index in [1.165, 1.54) is 0 Å². The Morgan fingerprint density at radius 3 is 2.55 bits per heavy atom. The van der Waals surface area contributed by atoms with E-state index < -0.39 is 5.91 Å². The highest BCUT2D eigenvalue weighted by Crippen LogP contribution is 2.05. The second-order valence-electron chi connectivity index (χ2n) is 4.69. The predicted molar refractivity (Wildman–Crippen MR) is 87.7 cm³/mol. The number of halogens is 1. The summed E-state index contributed by atoms with van der Waals surface area (Å²) in [7, 11) is 1.61. The molecule has 124 valence electrons. The molecular weight excluding hydrogens is 306 g/mol. The van der Waals surface area contributed by atoms with Gasteiger partial charge in [0.15, 0.2) is 0 Å². The number of methoxy groups -OCH3 is 1. The molecule has 0 atom stereocenters. The van der Waals surface area contributed by atoms with E-state index in [2.05, 4.69) is 5.32 Å². The number of amides is 2. The van der Waals surface area contributed by atoms with Crippen molar-refractivity contribution in [2.45, 2.75) is 13.0 Å². The molecule has 22 heavy (non-hydrogen) atoms. The lowest BCUT2D eigenvalue weighted by molar-refractivity contribution is -0.131. The molecule has 0 aromatic heterocycles. The van der Waals surface area contributed by atoms with Gasteiger partial charge < -0.3 is 20.7 Å². The zero-order chi connectivity index (χ0) is 15.5. The number of nitrogens with zero attached hydrogens (tertiary/aromatic N) is 1. The van der Waals surface area contributed by atoms with Gasteiger partial charge >= 0.3 is 0 Å². The summed E-state index contributed by atoms with van der Waals surface area (Å²) in [5.41, 5.74) is 6.19. The Morgan fingerprint density at radius 2 is 1.95 bits per heavy atom. The van der Waals surface area contributed by atoms with E-state index in [9.17, 15) is 9.59 Å². The van der Waals surface area contributed by atoms with Crippen LogP contribution in [-0.4, -0.2) is 50.1 Å². The SMILES string of the molecule is COCCNCC(=O)N(CCC(N)=O)Cc1ccccc1.Cl. The molecule has 0 unspecified atom stereocenters. The van der Waals surface area contributed by atoms with E-state index in [0.29, 0.717) is 26.2 Å². The standard InChI is InChI=1S/C15H23N3O3.ClH/c1-21-10-8-17-11-15(20)18(9-7-14(16)19)12-13-5-3-2-4-6-13;/h2-6,17H,7-12H2,1H3,(H2,16,19);1H. The minimum atomic E-state index is -0.409. The van der Waals surface area contributed by atoms with Crippen molar-refractivity contribution in [3.05, 3.63) is 35.9 Å². The number of hydrogen-bond acceptors (Lipinski definition) is 4. The predicted octanol–water partition coefficient (Wildman–Crippen LogP) is 0.548. The fourth-order valence-corrected chi connectivity index (χ4v) is 1.82. The highest BCUT2D eigenvalue weighted by molar-refractivity contribution is 5.85. The molecule has 0 aliphatic heterocycles. The van der Waals surface area contributed by atoms with Gasteiger partial charge in [-0.1, -0.05) is 30.3 Å². The van der Waals surface area contributed by atoms with E-state index in [1.807, 2.05) is 30.3 Å². The first-order valence-corrected chi connectivity index (χ1v) is 6.93. The molecule has 1 aromatic carbocycles. The Bertz CT molecular complexity index is 443. The fraction of sp³-hybridized carbons (Fsp3) is 0.467. The maximum absolute atomic E-state index is 12.2. The Labute approximate surface area is 137 Å². The Hall–Kier alpha value is -1.63. The molecule has 3 N–H and O–H groups in total. The third-order valence-electron chi connectivity index (χ3n) is 2.96. The first-order chi connectivity index (χ1) is 10.1. The van der Waals surface area contributed by atoms with Crippen LogP contribution in [0.4, 0.5) is 0 Å². The highest BCUT2D eigenvalue weighted by atomic mass is 35.5. The van der Waals surface area contributed by atoms with Crippen molar-refractivity contribution < 1.29 is 14.3 Å². The second kappa shape index (κ2) is 12.0. The van der Waals surface area contributed by atoms with E-state index in [0.717, 1.165) is 5.56 Å². The molecule has 0 bridgehead atoms. The number of carbonyl (C=O) groups excluding carboxylic acids is 2. The zero-order valence-corrected chi connectivity index (χ0v) is 13.6. The van der Waals surface area contributed by atoms with Crippen LogP contribution in [0.3, 0.4) is 0 Å². The summed E-state index contributed by atoms with van der Waals surface area (Å²) in [6.45, 7) is 2.17. The summed E-state index contributed by atoms with van der Waals surface area (Å²) in [5.74, 6) is -0.468. The van der Waals surface area contributed by atoms with Crippen molar-refractivity contribution in [3.63, 3.8) is 0 Å². The Balaban J connectivity index is 0.00000441. The van der Waals surface area contributed by atoms with Gasteiger partial charge in [-0.3, -0.25) is 9.59 Å². The lowest BCUT2D eigenvalue weighted by Gasteiger charge is -2.22. The van der Waals surface area contributed by atoms with Crippen LogP contribution in [0, 0.1) is 0 Å². The lowest BCUT2D eigenvalue weighted by Crippen LogP contribution is -2.40. The molecule has 0 heterocycles. The van der Waals surface area contributed by atoms with E-state index in [4.69, 9.17) is 10.5 Å². The van der Waals surface area contributed by atoms with Crippen LogP contribution in [0.1, 0.15) is 12.0 Å². The number of hydrogen-bond donors (Lipinski definition) is 2. The largest absolute Gasteiger partial charge is 0.383 e. The highest BCUT2D eigenvalue weighted by Gasteiger charge is 2.14. The van der Waals surface area contributed by atoms with E-state index in [-0.39, 0.29) is 31.3 Å². The van der Waals surface area contributed by atoms with Crippen molar-refractivity contribution in [1.82, 2.24) is 10.2 Å². The molecule has 0 fully saturated rings. The van der Waals surface area contributed by atoms with E-state index in [1.54, 1.807) is 12.0 Å². The zero-order valence-electron chi connectivity index (χ0n) is 12.8. The number of primary amides is 1. The smallest absolute Gasteiger partial charge is 0.236 e. The van der Waals surface area contributed by atoms with Gasteiger partial charge in [0.2, 0.25) is 11.8 Å². The average Bonchev–Trinajstić information content (AvgIpc) is 2.48. The topological polar surface area (TPSA) is 84.7 Å². The normalized spacial score (nSPS) is 9.86.